The van der Waals surface area contributed by atoms with Gasteiger partial charge in [0, 0.05) is 18.9 Å². The molecule has 0 amide bonds. The van der Waals surface area contributed by atoms with Gasteiger partial charge >= 0.3 is 0 Å². The molecule has 2 aromatic rings. The van der Waals surface area contributed by atoms with Crippen LogP contribution < -0.4 is 16.6 Å². The van der Waals surface area contributed by atoms with Crippen molar-refractivity contribution in [1.29, 1.82) is 0 Å². The molecule has 8 heteroatoms. The maximum absolute atomic E-state index is 5.37. The quantitative estimate of drug-likeness (QED) is 0.528. The van der Waals surface area contributed by atoms with Gasteiger partial charge < -0.3 is 5.32 Å². The lowest BCUT2D eigenvalue weighted by Crippen LogP contribution is -2.17. The summed E-state index contributed by atoms with van der Waals surface area (Å²) in [4.78, 5) is 12.7. The maximum Gasteiger partial charge on any atom is 0.257 e. The number of hydrogen-bond acceptors (Lipinski definition) is 7. The van der Waals surface area contributed by atoms with Crippen molar-refractivity contribution in [2.45, 2.75) is 13.3 Å². The summed E-state index contributed by atoms with van der Waals surface area (Å²) in [6, 6.07) is 1.80. The fraction of sp³-hybridized carbons (Fsp3) is 0.455. The Morgan fingerprint density at radius 3 is 2.79 bits per heavy atom. The Kier molecular flexibility index (Phi) is 3.00. The molecular weight excluding hydrogens is 244 g/mol. The van der Waals surface area contributed by atoms with E-state index in [2.05, 4.69) is 37.7 Å². The summed E-state index contributed by atoms with van der Waals surface area (Å²) in [7, 11) is 0. The van der Waals surface area contributed by atoms with Crippen LogP contribution in [-0.2, 0) is 0 Å². The normalized spacial score (nSPS) is 21.2. The van der Waals surface area contributed by atoms with E-state index in [1.807, 2.05) is 0 Å². The van der Waals surface area contributed by atoms with Gasteiger partial charge in [0.15, 0.2) is 0 Å². The number of nitrogens with two attached hydrogens (primary N) is 1. The first-order valence-corrected chi connectivity index (χ1v) is 6.23. The number of nitrogen functional groups attached to an aromatic ring is 1. The Labute approximate surface area is 110 Å². The molecule has 1 saturated carbocycles. The van der Waals surface area contributed by atoms with Gasteiger partial charge in [-0.3, -0.25) is 5.43 Å². The molecule has 19 heavy (non-hydrogen) atoms. The third-order valence-corrected chi connectivity index (χ3v) is 3.26. The Balaban J connectivity index is 1.80. The summed E-state index contributed by atoms with van der Waals surface area (Å²) < 4.78 is 1.56. The van der Waals surface area contributed by atoms with Gasteiger partial charge in [-0.25, -0.2) is 10.5 Å². The number of hydrogen-bond donors (Lipinski definition) is 3. The number of anilines is 2. The largest absolute Gasteiger partial charge is 0.354 e. The molecule has 1 aliphatic rings. The molecule has 2 unspecified atom stereocenters. The first kappa shape index (κ1) is 11.8. The van der Waals surface area contributed by atoms with E-state index in [9.17, 15) is 0 Å². The van der Waals surface area contributed by atoms with E-state index in [1.54, 1.807) is 23.1 Å². The van der Waals surface area contributed by atoms with Crippen molar-refractivity contribution in [3.8, 4) is 5.95 Å². The zero-order chi connectivity index (χ0) is 13.2. The SMILES string of the molecule is CC1CC1CNc1nc(NN)nc(-n2cccn2)n1. The van der Waals surface area contributed by atoms with Gasteiger partial charge in [0.2, 0.25) is 11.9 Å². The summed E-state index contributed by atoms with van der Waals surface area (Å²) in [5.41, 5.74) is 2.44. The molecule has 100 valence electrons. The minimum Gasteiger partial charge on any atom is -0.354 e. The van der Waals surface area contributed by atoms with Crippen LogP contribution in [-0.4, -0.2) is 31.3 Å². The molecule has 0 bridgehead atoms. The lowest BCUT2D eigenvalue weighted by Gasteiger charge is -2.08. The van der Waals surface area contributed by atoms with Gasteiger partial charge in [-0.2, -0.15) is 20.1 Å². The number of rotatable bonds is 5. The summed E-state index contributed by atoms with van der Waals surface area (Å²) >= 11 is 0. The predicted molar refractivity (Wildman–Crippen MR) is 70.5 cm³/mol. The molecule has 0 saturated heterocycles. The third-order valence-electron chi connectivity index (χ3n) is 3.26. The van der Waals surface area contributed by atoms with E-state index >= 15 is 0 Å². The fourth-order valence-electron chi connectivity index (χ4n) is 1.90. The maximum atomic E-state index is 5.37. The molecule has 2 aromatic heterocycles. The second-order valence-corrected chi connectivity index (χ2v) is 4.73. The molecule has 1 fully saturated rings. The standard InChI is InChI=1S/C11H16N8/c1-7-5-8(7)6-13-9-15-10(18-12)17-11(16-9)19-4-2-3-14-19/h2-4,7-8H,5-6,12H2,1H3,(H2,13,15,16,17,18). The highest BCUT2D eigenvalue weighted by Gasteiger charge is 2.32. The van der Waals surface area contributed by atoms with Gasteiger partial charge in [0.05, 0.1) is 0 Å². The van der Waals surface area contributed by atoms with Crippen LogP contribution in [0.1, 0.15) is 13.3 Å². The molecular formula is C11H16N8. The molecule has 2 heterocycles. The van der Waals surface area contributed by atoms with E-state index in [1.165, 1.54) is 6.42 Å². The second-order valence-electron chi connectivity index (χ2n) is 4.73. The first-order valence-electron chi connectivity index (χ1n) is 6.23. The van der Waals surface area contributed by atoms with Crippen LogP contribution in [0.3, 0.4) is 0 Å². The van der Waals surface area contributed by atoms with Crippen molar-refractivity contribution in [3.63, 3.8) is 0 Å². The van der Waals surface area contributed by atoms with Crippen molar-refractivity contribution >= 4 is 11.9 Å². The average molecular weight is 260 g/mol. The summed E-state index contributed by atoms with van der Waals surface area (Å²) in [6.07, 6.45) is 4.69. The van der Waals surface area contributed by atoms with Gasteiger partial charge in [0.1, 0.15) is 0 Å². The van der Waals surface area contributed by atoms with E-state index < -0.39 is 0 Å². The van der Waals surface area contributed by atoms with Crippen LogP contribution in [0, 0.1) is 11.8 Å². The minimum atomic E-state index is 0.312. The fourth-order valence-corrected chi connectivity index (χ4v) is 1.90. The molecule has 0 spiro atoms. The van der Waals surface area contributed by atoms with Crippen LogP contribution in [0.4, 0.5) is 11.9 Å². The van der Waals surface area contributed by atoms with Crippen LogP contribution in [0.25, 0.3) is 5.95 Å². The number of nitrogens with zero attached hydrogens (tertiary/aromatic N) is 5. The summed E-state index contributed by atoms with van der Waals surface area (Å²) in [5.74, 6) is 8.11. The molecule has 2 atom stereocenters. The van der Waals surface area contributed by atoms with E-state index in [0.717, 1.165) is 12.5 Å². The summed E-state index contributed by atoms with van der Waals surface area (Å²) in [6.45, 7) is 3.11. The van der Waals surface area contributed by atoms with Crippen molar-refractivity contribution < 1.29 is 0 Å². The van der Waals surface area contributed by atoms with Gasteiger partial charge in [-0.05, 0) is 24.3 Å². The van der Waals surface area contributed by atoms with Gasteiger partial charge in [-0.1, -0.05) is 6.92 Å². The van der Waals surface area contributed by atoms with Crippen LogP contribution >= 0.6 is 0 Å². The number of hydrazine groups is 1. The molecule has 0 aromatic carbocycles. The van der Waals surface area contributed by atoms with Crippen molar-refractivity contribution in [2.24, 2.45) is 17.7 Å². The Bertz CT molecular complexity index is 552. The van der Waals surface area contributed by atoms with Crippen LogP contribution in [0.5, 0.6) is 0 Å². The van der Waals surface area contributed by atoms with Crippen LogP contribution in [0.2, 0.25) is 0 Å². The Hall–Kier alpha value is -2.22. The topological polar surface area (TPSA) is 107 Å². The predicted octanol–water partition coefficient (Wildman–Crippen LogP) is 0.411. The first-order chi connectivity index (χ1) is 9.26. The van der Waals surface area contributed by atoms with E-state index in [0.29, 0.717) is 23.8 Å². The molecule has 3 rings (SSSR count). The highest BCUT2D eigenvalue weighted by atomic mass is 15.4. The highest BCUT2D eigenvalue weighted by molar-refractivity contribution is 5.37. The molecule has 8 nitrogen and oxygen atoms in total. The van der Waals surface area contributed by atoms with Gasteiger partial charge in [0.25, 0.3) is 5.95 Å². The third kappa shape index (κ3) is 2.63. The molecule has 4 N–H and O–H groups in total. The number of aromatic nitrogens is 5. The lowest BCUT2D eigenvalue weighted by molar-refractivity contribution is 0.766. The number of nitrogens with one attached hydrogen (secondary N) is 2. The lowest BCUT2D eigenvalue weighted by atomic mass is 10.3. The van der Waals surface area contributed by atoms with E-state index in [-0.39, 0.29) is 0 Å². The van der Waals surface area contributed by atoms with Crippen molar-refractivity contribution in [2.75, 3.05) is 17.3 Å². The zero-order valence-electron chi connectivity index (χ0n) is 10.6. The van der Waals surface area contributed by atoms with Crippen molar-refractivity contribution in [3.05, 3.63) is 18.5 Å². The van der Waals surface area contributed by atoms with Crippen molar-refractivity contribution in [1.82, 2.24) is 24.7 Å². The van der Waals surface area contributed by atoms with Gasteiger partial charge in [-0.15, -0.1) is 0 Å². The zero-order valence-corrected chi connectivity index (χ0v) is 10.6. The molecule has 1 aliphatic carbocycles. The minimum absolute atomic E-state index is 0.312. The highest BCUT2D eigenvalue weighted by Crippen LogP contribution is 2.37. The second kappa shape index (κ2) is 4.81. The summed E-state index contributed by atoms with van der Waals surface area (Å²) in [5, 5.41) is 7.31. The monoisotopic (exact) mass is 260 g/mol. The molecule has 0 aliphatic heterocycles. The Morgan fingerprint density at radius 2 is 2.16 bits per heavy atom. The van der Waals surface area contributed by atoms with E-state index in [4.69, 9.17) is 5.84 Å². The molecule has 0 radical (unpaired) electrons. The Morgan fingerprint density at radius 1 is 1.37 bits per heavy atom. The smallest absolute Gasteiger partial charge is 0.257 e. The average Bonchev–Trinajstić information content (AvgIpc) is 2.93. The van der Waals surface area contributed by atoms with Crippen LogP contribution in [0.15, 0.2) is 18.5 Å².